The average Bonchev–Trinajstić information content (AvgIpc) is 2.35. The lowest BCUT2D eigenvalue weighted by Gasteiger charge is -2.17. The number of nitrogens with one attached hydrogen (secondary N) is 1. The van der Waals surface area contributed by atoms with Crippen molar-refractivity contribution in [2.45, 2.75) is 33.2 Å². The van der Waals surface area contributed by atoms with Crippen LogP contribution in [-0.2, 0) is 23.9 Å². The molecule has 0 unspecified atom stereocenters. The Labute approximate surface area is 112 Å². The van der Waals surface area contributed by atoms with Crippen LogP contribution in [0.5, 0.6) is 0 Å². The second-order valence-corrected chi connectivity index (χ2v) is 3.98. The van der Waals surface area contributed by atoms with Crippen LogP contribution in [0.2, 0.25) is 0 Å². The van der Waals surface area contributed by atoms with Crippen LogP contribution in [0.1, 0.15) is 27.2 Å². The zero-order valence-corrected chi connectivity index (χ0v) is 11.5. The SMILES string of the molecule is CCOCC(=O)N[C@@H](C[C@@H](C)C(=O)OCC)C(=O)O. The third-order valence-electron chi connectivity index (χ3n) is 2.35. The van der Waals surface area contributed by atoms with Crippen molar-refractivity contribution in [3.05, 3.63) is 0 Å². The van der Waals surface area contributed by atoms with E-state index < -0.39 is 29.8 Å². The normalized spacial score (nSPS) is 13.4. The summed E-state index contributed by atoms with van der Waals surface area (Å²) in [5, 5.41) is 11.3. The van der Waals surface area contributed by atoms with Crippen molar-refractivity contribution in [3.63, 3.8) is 0 Å². The van der Waals surface area contributed by atoms with E-state index >= 15 is 0 Å². The smallest absolute Gasteiger partial charge is 0.326 e. The summed E-state index contributed by atoms with van der Waals surface area (Å²) in [5.41, 5.74) is 0. The Morgan fingerprint density at radius 3 is 2.32 bits per heavy atom. The zero-order chi connectivity index (χ0) is 14.8. The number of hydrogen-bond donors (Lipinski definition) is 2. The monoisotopic (exact) mass is 275 g/mol. The number of carbonyl (C=O) groups excluding carboxylic acids is 2. The molecular weight excluding hydrogens is 254 g/mol. The molecule has 0 saturated carbocycles. The number of carbonyl (C=O) groups is 3. The first-order valence-electron chi connectivity index (χ1n) is 6.18. The van der Waals surface area contributed by atoms with Crippen molar-refractivity contribution in [2.75, 3.05) is 19.8 Å². The minimum Gasteiger partial charge on any atom is -0.480 e. The third-order valence-corrected chi connectivity index (χ3v) is 2.35. The van der Waals surface area contributed by atoms with Crippen molar-refractivity contribution in [1.82, 2.24) is 5.32 Å². The van der Waals surface area contributed by atoms with Crippen LogP contribution in [0.15, 0.2) is 0 Å². The average molecular weight is 275 g/mol. The Morgan fingerprint density at radius 2 is 1.84 bits per heavy atom. The van der Waals surface area contributed by atoms with Crippen molar-refractivity contribution >= 4 is 17.8 Å². The summed E-state index contributed by atoms with van der Waals surface area (Å²) in [6.07, 6.45) is -0.0218. The maximum absolute atomic E-state index is 11.4. The van der Waals surface area contributed by atoms with Gasteiger partial charge in [0.25, 0.3) is 0 Å². The lowest BCUT2D eigenvalue weighted by atomic mass is 10.0. The summed E-state index contributed by atoms with van der Waals surface area (Å²) in [7, 11) is 0. The topological polar surface area (TPSA) is 102 Å². The second-order valence-electron chi connectivity index (χ2n) is 3.98. The molecule has 110 valence electrons. The first-order chi connectivity index (χ1) is 8.92. The molecule has 0 bridgehead atoms. The van der Waals surface area contributed by atoms with E-state index in [2.05, 4.69) is 5.32 Å². The van der Waals surface area contributed by atoms with E-state index in [0.717, 1.165) is 0 Å². The maximum atomic E-state index is 11.4. The number of carboxylic acid groups (broad SMARTS) is 1. The maximum Gasteiger partial charge on any atom is 0.326 e. The van der Waals surface area contributed by atoms with Gasteiger partial charge in [0.05, 0.1) is 12.5 Å². The van der Waals surface area contributed by atoms with Gasteiger partial charge in [-0.2, -0.15) is 0 Å². The van der Waals surface area contributed by atoms with Gasteiger partial charge >= 0.3 is 11.9 Å². The fourth-order valence-corrected chi connectivity index (χ4v) is 1.39. The Bertz CT molecular complexity index is 317. The summed E-state index contributed by atoms with van der Waals surface area (Å²) in [5.74, 6) is -2.80. The number of aliphatic carboxylic acids is 1. The number of ether oxygens (including phenoxy) is 2. The quantitative estimate of drug-likeness (QED) is 0.582. The van der Waals surface area contributed by atoms with E-state index in [1.165, 1.54) is 0 Å². The van der Waals surface area contributed by atoms with Gasteiger partial charge in [0.2, 0.25) is 5.91 Å². The van der Waals surface area contributed by atoms with Crippen LogP contribution in [0.4, 0.5) is 0 Å². The number of amides is 1. The summed E-state index contributed by atoms with van der Waals surface area (Å²) in [6.45, 7) is 5.35. The molecule has 7 nitrogen and oxygen atoms in total. The fraction of sp³-hybridized carbons (Fsp3) is 0.750. The van der Waals surface area contributed by atoms with Gasteiger partial charge in [0.15, 0.2) is 0 Å². The Kier molecular flexibility index (Phi) is 8.52. The molecule has 2 N–H and O–H groups in total. The first kappa shape index (κ1) is 17.4. The molecule has 0 aliphatic carbocycles. The van der Waals surface area contributed by atoms with Gasteiger partial charge in [-0.1, -0.05) is 6.92 Å². The van der Waals surface area contributed by atoms with E-state index in [1.807, 2.05) is 0 Å². The van der Waals surface area contributed by atoms with Crippen molar-refractivity contribution in [2.24, 2.45) is 5.92 Å². The number of rotatable bonds is 9. The predicted octanol–water partition coefficient (Wildman–Crippen LogP) is 0.182. The number of esters is 1. The Balaban J connectivity index is 4.37. The predicted molar refractivity (Wildman–Crippen MR) is 66.5 cm³/mol. The second kappa shape index (κ2) is 9.32. The van der Waals surface area contributed by atoms with Crippen LogP contribution in [-0.4, -0.2) is 48.8 Å². The van der Waals surface area contributed by atoms with Crippen LogP contribution in [0.25, 0.3) is 0 Å². The highest BCUT2D eigenvalue weighted by Gasteiger charge is 2.26. The Hall–Kier alpha value is -1.63. The summed E-state index contributed by atoms with van der Waals surface area (Å²) >= 11 is 0. The van der Waals surface area contributed by atoms with Crippen LogP contribution in [0, 0.1) is 5.92 Å². The molecule has 2 atom stereocenters. The third kappa shape index (κ3) is 7.40. The lowest BCUT2D eigenvalue weighted by Crippen LogP contribution is -2.44. The highest BCUT2D eigenvalue weighted by atomic mass is 16.5. The largest absolute Gasteiger partial charge is 0.480 e. The molecule has 0 fully saturated rings. The Morgan fingerprint density at radius 1 is 1.21 bits per heavy atom. The standard InChI is InChI=1S/C12H21NO6/c1-4-18-7-10(14)13-9(11(15)16)6-8(3)12(17)19-5-2/h8-9H,4-7H2,1-3H3,(H,13,14)(H,15,16)/t8-,9+/m1/s1. The molecule has 19 heavy (non-hydrogen) atoms. The van der Waals surface area contributed by atoms with Gasteiger partial charge in [0, 0.05) is 6.61 Å². The molecule has 0 radical (unpaired) electrons. The minimum atomic E-state index is -1.19. The van der Waals surface area contributed by atoms with Crippen molar-refractivity contribution in [3.8, 4) is 0 Å². The van der Waals surface area contributed by atoms with E-state index in [4.69, 9.17) is 14.6 Å². The highest BCUT2D eigenvalue weighted by Crippen LogP contribution is 2.09. The van der Waals surface area contributed by atoms with Gasteiger partial charge in [0.1, 0.15) is 12.6 Å². The molecule has 0 aliphatic rings. The molecule has 0 aliphatic heterocycles. The molecule has 0 aromatic rings. The molecule has 0 heterocycles. The summed E-state index contributed by atoms with van der Waals surface area (Å²) in [4.78, 5) is 33.8. The van der Waals surface area contributed by atoms with Crippen molar-refractivity contribution in [1.29, 1.82) is 0 Å². The van der Waals surface area contributed by atoms with Crippen molar-refractivity contribution < 1.29 is 29.0 Å². The van der Waals surface area contributed by atoms with Crippen LogP contribution >= 0.6 is 0 Å². The number of carboxylic acids is 1. The lowest BCUT2D eigenvalue weighted by molar-refractivity contribution is -0.149. The number of hydrogen-bond acceptors (Lipinski definition) is 5. The molecule has 0 aromatic heterocycles. The molecule has 1 amide bonds. The van der Waals surface area contributed by atoms with E-state index in [9.17, 15) is 14.4 Å². The molecule has 0 aromatic carbocycles. The van der Waals surface area contributed by atoms with E-state index in [1.54, 1.807) is 20.8 Å². The van der Waals surface area contributed by atoms with Gasteiger partial charge < -0.3 is 19.9 Å². The van der Waals surface area contributed by atoms with Gasteiger partial charge in [-0.3, -0.25) is 9.59 Å². The van der Waals surface area contributed by atoms with E-state index in [0.29, 0.717) is 6.61 Å². The van der Waals surface area contributed by atoms with Gasteiger partial charge in [-0.05, 0) is 20.3 Å². The molecule has 7 heteroatoms. The molecular formula is C12H21NO6. The molecule has 0 saturated heterocycles. The minimum absolute atomic E-state index is 0.0218. The molecule has 0 spiro atoms. The fourth-order valence-electron chi connectivity index (χ4n) is 1.39. The molecule has 0 rings (SSSR count). The van der Waals surface area contributed by atoms with Crippen LogP contribution < -0.4 is 5.32 Å². The summed E-state index contributed by atoms with van der Waals surface area (Å²) < 4.78 is 9.66. The highest BCUT2D eigenvalue weighted by molar-refractivity contribution is 5.84. The van der Waals surface area contributed by atoms with E-state index in [-0.39, 0.29) is 19.6 Å². The van der Waals surface area contributed by atoms with Gasteiger partial charge in [-0.15, -0.1) is 0 Å². The van der Waals surface area contributed by atoms with Gasteiger partial charge in [-0.25, -0.2) is 4.79 Å². The first-order valence-corrected chi connectivity index (χ1v) is 6.18. The van der Waals surface area contributed by atoms with Crippen LogP contribution in [0.3, 0.4) is 0 Å². The summed E-state index contributed by atoms with van der Waals surface area (Å²) in [6, 6.07) is -1.13. The zero-order valence-electron chi connectivity index (χ0n) is 11.5.